The zero-order valence-electron chi connectivity index (χ0n) is 10.9. The Kier molecular flexibility index (Phi) is 2.71. The van der Waals surface area contributed by atoms with Gasteiger partial charge in [-0.05, 0) is 62.3 Å². The van der Waals surface area contributed by atoms with Gasteiger partial charge in [0.15, 0.2) is 0 Å². The fourth-order valence-electron chi connectivity index (χ4n) is 2.14. The number of rotatable bonds is 1. The highest BCUT2D eigenvalue weighted by Gasteiger charge is 2.12. The summed E-state index contributed by atoms with van der Waals surface area (Å²) in [6, 6.07) is 6.16. The molecule has 0 bridgehead atoms. The van der Waals surface area contributed by atoms with Gasteiger partial charge in [0.1, 0.15) is 0 Å². The fourth-order valence-corrected chi connectivity index (χ4v) is 2.26. The van der Waals surface area contributed by atoms with Crippen LogP contribution in [0.1, 0.15) is 16.8 Å². The number of aryl methyl sites for hydroxylation is 3. The van der Waals surface area contributed by atoms with Gasteiger partial charge in [-0.15, -0.1) is 5.10 Å². The summed E-state index contributed by atoms with van der Waals surface area (Å²) in [5, 5.41) is 7.79. The fraction of sp³-hybridized carbons (Fsp3) is 0.214. The van der Waals surface area contributed by atoms with Gasteiger partial charge in [0, 0.05) is 16.6 Å². The molecule has 0 saturated heterocycles. The molecule has 0 aliphatic heterocycles. The summed E-state index contributed by atoms with van der Waals surface area (Å²) in [5.74, 6) is 0.503. The predicted octanol–water partition coefficient (Wildman–Crippen LogP) is 3.87. The third-order valence-corrected chi connectivity index (χ3v) is 3.40. The number of hydrogen-bond donors (Lipinski definition) is 1. The smallest absolute Gasteiger partial charge is 0.284 e. The van der Waals surface area contributed by atoms with Crippen LogP contribution in [-0.4, -0.2) is 15.2 Å². The van der Waals surface area contributed by atoms with E-state index < -0.39 is 0 Å². The van der Waals surface area contributed by atoms with E-state index in [0.717, 1.165) is 22.2 Å². The molecule has 2 aromatic heterocycles. The molecule has 0 spiro atoms. The molecule has 0 atom stereocenters. The molecular formula is C14H13N3OS. The number of hydrogen-bond acceptors (Lipinski definition) is 4. The molecule has 3 aromatic rings. The minimum atomic E-state index is 0.279. The van der Waals surface area contributed by atoms with Crippen molar-refractivity contribution in [3.63, 3.8) is 0 Å². The van der Waals surface area contributed by atoms with E-state index >= 15 is 0 Å². The monoisotopic (exact) mass is 271 g/mol. The Morgan fingerprint density at radius 3 is 2.53 bits per heavy atom. The molecule has 0 aliphatic rings. The van der Waals surface area contributed by atoms with E-state index in [2.05, 4.69) is 41.2 Å². The summed E-state index contributed by atoms with van der Waals surface area (Å²) in [6.07, 6.45) is 0. The lowest BCUT2D eigenvalue weighted by Crippen LogP contribution is -1.91. The van der Waals surface area contributed by atoms with Crippen LogP contribution in [0.15, 0.2) is 22.6 Å². The third kappa shape index (κ3) is 2.06. The Morgan fingerprint density at radius 1 is 1.11 bits per heavy atom. The van der Waals surface area contributed by atoms with Crippen molar-refractivity contribution in [2.75, 3.05) is 0 Å². The first kappa shape index (κ1) is 12.0. The number of benzene rings is 1. The van der Waals surface area contributed by atoms with Gasteiger partial charge >= 0.3 is 0 Å². The first-order valence-electron chi connectivity index (χ1n) is 5.99. The van der Waals surface area contributed by atoms with Crippen LogP contribution in [0.2, 0.25) is 0 Å². The average Bonchev–Trinajstić information content (AvgIpc) is 2.77. The summed E-state index contributed by atoms with van der Waals surface area (Å²) in [5.41, 5.74) is 5.23. The summed E-state index contributed by atoms with van der Waals surface area (Å²) in [6.45, 7) is 6.12. The minimum Gasteiger partial charge on any atom is -0.409 e. The number of nitrogens with one attached hydrogen (secondary N) is 1. The van der Waals surface area contributed by atoms with E-state index in [4.69, 9.17) is 16.6 Å². The van der Waals surface area contributed by atoms with E-state index in [9.17, 15) is 0 Å². The summed E-state index contributed by atoms with van der Waals surface area (Å²) < 4.78 is 5.42. The standard InChI is InChI=1S/C14H13N3OS/c1-7-4-10-11(13-16-17-14(19)18-13)6-9(3)15-12(10)5-8(7)2/h4-6H,1-3H3,(H,17,19). The molecule has 0 amide bonds. The van der Waals surface area contributed by atoms with Gasteiger partial charge in [0.05, 0.1) is 5.52 Å². The Morgan fingerprint density at radius 2 is 1.84 bits per heavy atom. The SMILES string of the molecule is Cc1cc(-c2n[nH]c(=S)o2)c2cc(C)c(C)cc2n1. The number of fused-ring (bicyclic) bond motifs is 1. The Bertz CT molecular complexity index is 832. The highest BCUT2D eigenvalue weighted by atomic mass is 32.1. The summed E-state index contributed by atoms with van der Waals surface area (Å²) >= 11 is 4.93. The Hall–Kier alpha value is -2.01. The highest BCUT2D eigenvalue weighted by Crippen LogP contribution is 2.29. The summed E-state index contributed by atoms with van der Waals surface area (Å²) in [7, 11) is 0. The van der Waals surface area contributed by atoms with Crippen LogP contribution in [0.25, 0.3) is 22.4 Å². The molecule has 0 radical (unpaired) electrons. The molecule has 19 heavy (non-hydrogen) atoms. The van der Waals surface area contributed by atoms with Crippen LogP contribution >= 0.6 is 12.2 Å². The topological polar surface area (TPSA) is 54.7 Å². The third-order valence-electron chi connectivity index (χ3n) is 3.22. The van der Waals surface area contributed by atoms with Crippen molar-refractivity contribution < 1.29 is 4.42 Å². The van der Waals surface area contributed by atoms with Gasteiger partial charge in [0.2, 0.25) is 5.89 Å². The van der Waals surface area contributed by atoms with Crippen LogP contribution in [0.3, 0.4) is 0 Å². The molecule has 5 heteroatoms. The number of aromatic amines is 1. The lowest BCUT2D eigenvalue weighted by Gasteiger charge is -2.07. The van der Waals surface area contributed by atoms with Crippen LogP contribution in [0, 0.1) is 25.6 Å². The van der Waals surface area contributed by atoms with Crippen LogP contribution in [0.5, 0.6) is 0 Å². The van der Waals surface area contributed by atoms with E-state index in [0.29, 0.717) is 5.89 Å². The van der Waals surface area contributed by atoms with Gasteiger partial charge in [-0.3, -0.25) is 4.98 Å². The molecule has 2 heterocycles. The Balaban J connectivity index is 2.40. The van der Waals surface area contributed by atoms with Gasteiger partial charge in [0.25, 0.3) is 4.84 Å². The second-order valence-electron chi connectivity index (χ2n) is 4.68. The quantitative estimate of drug-likeness (QED) is 0.682. The zero-order chi connectivity index (χ0) is 13.6. The van der Waals surface area contributed by atoms with E-state index in [1.165, 1.54) is 11.1 Å². The van der Waals surface area contributed by atoms with Crippen LogP contribution in [-0.2, 0) is 0 Å². The van der Waals surface area contributed by atoms with Gasteiger partial charge < -0.3 is 4.42 Å². The molecule has 3 rings (SSSR count). The van der Waals surface area contributed by atoms with E-state index in [1.54, 1.807) is 0 Å². The van der Waals surface area contributed by atoms with Crippen molar-refractivity contribution in [1.29, 1.82) is 0 Å². The van der Waals surface area contributed by atoms with Gasteiger partial charge in [-0.25, -0.2) is 5.10 Å². The van der Waals surface area contributed by atoms with Gasteiger partial charge in [-0.2, -0.15) is 0 Å². The maximum atomic E-state index is 5.42. The molecule has 0 unspecified atom stereocenters. The second-order valence-corrected chi connectivity index (χ2v) is 5.05. The number of nitrogens with zero attached hydrogens (tertiary/aromatic N) is 2. The first-order chi connectivity index (χ1) is 9.04. The van der Waals surface area contributed by atoms with E-state index in [-0.39, 0.29) is 4.84 Å². The molecule has 0 fully saturated rings. The van der Waals surface area contributed by atoms with Crippen LogP contribution in [0.4, 0.5) is 0 Å². The molecule has 0 saturated carbocycles. The zero-order valence-corrected chi connectivity index (χ0v) is 11.8. The van der Waals surface area contributed by atoms with Crippen molar-refractivity contribution in [1.82, 2.24) is 15.2 Å². The van der Waals surface area contributed by atoms with Crippen molar-refractivity contribution in [3.05, 3.63) is 39.9 Å². The van der Waals surface area contributed by atoms with Crippen molar-refractivity contribution in [2.45, 2.75) is 20.8 Å². The second kappa shape index (κ2) is 4.28. The number of H-pyrrole nitrogens is 1. The maximum absolute atomic E-state index is 5.42. The molecule has 1 aromatic carbocycles. The first-order valence-corrected chi connectivity index (χ1v) is 6.40. The minimum absolute atomic E-state index is 0.279. The van der Waals surface area contributed by atoms with E-state index in [1.807, 2.05) is 13.0 Å². The largest absolute Gasteiger partial charge is 0.409 e. The van der Waals surface area contributed by atoms with Gasteiger partial charge in [-0.1, -0.05) is 0 Å². The molecule has 0 aliphatic carbocycles. The molecular weight excluding hydrogens is 258 g/mol. The van der Waals surface area contributed by atoms with Crippen LogP contribution < -0.4 is 0 Å². The Labute approximate surface area is 115 Å². The van der Waals surface area contributed by atoms with Crippen molar-refractivity contribution in [3.8, 4) is 11.5 Å². The number of aromatic nitrogens is 3. The lowest BCUT2D eigenvalue weighted by molar-refractivity contribution is 0.552. The molecule has 4 nitrogen and oxygen atoms in total. The average molecular weight is 271 g/mol. The predicted molar refractivity (Wildman–Crippen MR) is 76.6 cm³/mol. The highest BCUT2D eigenvalue weighted by molar-refractivity contribution is 7.71. The maximum Gasteiger partial charge on any atom is 0.284 e. The van der Waals surface area contributed by atoms with Crippen molar-refractivity contribution >= 4 is 23.1 Å². The molecule has 96 valence electrons. The van der Waals surface area contributed by atoms with Crippen molar-refractivity contribution in [2.24, 2.45) is 0 Å². The lowest BCUT2D eigenvalue weighted by atomic mass is 10.0. The number of pyridine rings is 1. The normalized spacial score (nSPS) is 11.1. The summed E-state index contributed by atoms with van der Waals surface area (Å²) in [4.78, 5) is 4.84. The molecule has 1 N–H and O–H groups in total.